The van der Waals surface area contributed by atoms with Crippen molar-refractivity contribution >= 4 is 12.3 Å². The molecule has 0 saturated carbocycles. The Bertz CT molecular complexity index is 388. The van der Waals surface area contributed by atoms with E-state index in [0.29, 0.717) is 0 Å². The molecule has 54 valence electrons. The van der Waals surface area contributed by atoms with Crippen molar-refractivity contribution in [2.75, 3.05) is 0 Å². The standard InChI is InChI=1S/C10H8O/c1-2-5-10-8-11-7-3-6-9(10)4-1/h1-8H. The molecule has 0 radical (unpaired) electrons. The summed E-state index contributed by atoms with van der Waals surface area (Å²) in [7, 11) is 0. The fourth-order valence-corrected chi connectivity index (χ4v) is 1.07. The van der Waals surface area contributed by atoms with Gasteiger partial charge in [0.25, 0.3) is 0 Å². The van der Waals surface area contributed by atoms with E-state index in [2.05, 4.69) is 6.07 Å². The third kappa shape index (κ3) is 1.17. The van der Waals surface area contributed by atoms with Gasteiger partial charge in [0.15, 0.2) is 0 Å². The van der Waals surface area contributed by atoms with Crippen LogP contribution in [-0.2, 0) is 4.74 Å². The lowest BCUT2D eigenvalue weighted by Gasteiger charge is -1.86. The van der Waals surface area contributed by atoms with Gasteiger partial charge in [0.05, 0.1) is 12.5 Å². The Morgan fingerprint density at radius 1 is 1.00 bits per heavy atom. The molecule has 0 fully saturated rings. The maximum Gasteiger partial charge on any atom is 0.0979 e. The molecule has 0 atom stereocenters. The SMILES string of the molecule is C1=COC=c2ccccc2=C1. The highest BCUT2D eigenvalue weighted by Gasteiger charge is 1.84. The van der Waals surface area contributed by atoms with Crippen LogP contribution >= 0.6 is 0 Å². The van der Waals surface area contributed by atoms with E-state index in [1.54, 1.807) is 12.5 Å². The van der Waals surface area contributed by atoms with E-state index in [1.807, 2.05) is 30.4 Å². The molecule has 1 heterocycles. The quantitative estimate of drug-likeness (QED) is 0.522. The Balaban J connectivity index is 2.81. The van der Waals surface area contributed by atoms with Crippen LogP contribution in [0.15, 0.2) is 36.6 Å². The largest absolute Gasteiger partial charge is 0.472 e. The summed E-state index contributed by atoms with van der Waals surface area (Å²) in [5.74, 6) is 0. The zero-order valence-corrected chi connectivity index (χ0v) is 6.03. The minimum absolute atomic E-state index is 1.12. The summed E-state index contributed by atoms with van der Waals surface area (Å²) < 4.78 is 5.08. The molecule has 1 aromatic rings. The summed E-state index contributed by atoms with van der Waals surface area (Å²) in [6.45, 7) is 0. The first kappa shape index (κ1) is 6.23. The van der Waals surface area contributed by atoms with Crippen LogP contribution in [0.1, 0.15) is 0 Å². The molecule has 1 aliphatic rings. The van der Waals surface area contributed by atoms with Gasteiger partial charge in [-0.15, -0.1) is 0 Å². The van der Waals surface area contributed by atoms with Crippen molar-refractivity contribution in [3.8, 4) is 0 Å². The molecule has 0 aliphatic carbocycles. The third-order valence-corrected chi connectivity index (χ3v) is 1.62. The fraction of sp³-hybridized carbons (Fsp3) is 0. The van der Waals surface area contributed by atoms with Gasteiger partial charge in [-0.05, 0) is 11.3 Å². The lowest BCUT2D eigenvalue weighted by atomic mass is 10.2. The number of benzene rings is 1. The highest BCUT2D eigenvalue weighted by Crippen LogP contribution is 1.83. The molecule has 0 spiro atoms. The number of fused-ring (bicyclic) bond motifs is 1. The van der Waals surface area contributed by atoms with Crippen molar-refractivity contribution in [1.29, 1.82) is 0 Å². The number of hydrogen-bond donors (Lipinski definition) is 0. The third-order valence-electron chi connectivity index (χ3n) is 1.62. The molecule has 1 nitrogen and oxygen atoms in total. The van der Waals surface area contributed by atoms with Crippen molar-refractivity contribution in [3.63, 3.8) is 0 Å². The van der Waals surface area contributed by atoms with E-state index in [4.69, 9.17) is 4.74 Å². The zero-order chi connectivity index (χ0) is 7.52. The highest BCUT2D eigenvalue weighted by atomic mass is 16.5. The van der Waals surface area contributed by atoms with E-state index >= 15 is 0 Å². The summed E-state index contributed by atoms with van der Waals surface area (Å²) in [6, 6.07) is 8.10. The van der Waals surface area contributed by atoms with Gasteiger partial charge in [-0.2, -0.15) is 0 Å². The Kier molecular flexibility index (Phi) is 1.48. The average Bonchev–Trinajstić information content (AvgIpc) is 2.28. The van der Waals surface area contributed by atoms with E-state index in [-0.39, 0.29) is 0 Å². The summed E-state index contributed by atoms with van der Waals surface area (Å²) >= 11 is 0. The van der Waals surface area contributed by atoms with Gasteiger partial charge in [0.2, 0.25) is 0 Å². The average molecular weight is 144 g/mol. The predicted octanol–water partition coefficient (Wildman–Crippen LogP) is 0.749. The molecule has 1 heteroatoms. The Morgan fingerprint density at radius 3 is 2.73 bits per heavy atom. The molecular formula is C10H8O. The van der Waals surface area contributed by atoms with E-state index in [0.717, 1.165) is 5.22 Å². The molecule has 0 N–H and O–H groups in total. The van der Waals surface area contributed by atoms with E-state index < -0.39 is 0 Å². The van der Waals surface area contributed by atoms with E-state index in [9.17, 15) is 0 Å². The van der Waals surface area contributed by atoms with Crippen molar-refractivity contribution in [3.05, 3.63) is 47.0 Å². The highest BCUT2D eigenvalue weighted by molar-refractivity contribution is 5.40. The molecule has 0 amide bonds. The number of hydrogen-bond acceptors (Lipinski definition) is 1. The maximum absolute atomic E-state index is 5.08. The molecule has 2 rings (SSSR count). The second-order valence-electron chi connectivity index (χ2n) is 2.38. The number of rotatable bonds is 0. The lowest BCUT2D eigenvalue weighted by Crippen LogP contribution is -2.22. The van der Waals surface area contributed by atoms with Crippen molar-refractivity contribution in [1.82, 2.24) is 0 Å². The van der Waals surface area contributed by atoms with Gasteiger partial charge in [-0.25, -0.2) is 0 Å². The molecule has 0 bridgehead atoms. The van der Waals surface area contributed by atoms with Crippen LogP contribution in [0.3, 0.4) is 0 Å². The summed E-state index contributed by atoms with van der Waals surface area (Å²) in [4.78, 5) is 0. The first-order valence-electron chi connectivity index (χ1n) is 3.54. The fourth-order valence-electron chi connectivity index (χ4n) is 1.07. The topological polar surface area (TPSA) is 9.23 Å². The van der Waals surface area contributed by atoms with Gasteiger partial charge in [0, 0.05) is 5.22 Å². The van der Waals surface area contributed by atoms with Crippen LogP contribution in [0, 0.1) is 0 Å². The van der Waals surface area contributed by atoms with Crippen LogP contribution in [0.25, 0.3) is 12.3 Å². The van der Waals surface area contributed by atoms with Crippen molar-refractivity contribution in [2.24, 2.45) is 0 Å². The van der Waals surface area contributed by atoms with Crippen LogP contribution in [0.4, 0.5) is 0 Å². The first-order chi connectivity index (χ1) is 5.47. The molecule has 11 heavy (non-hydrogen) atoms. The summed E-state index contributed by atoms with van der Waals surface area (Å²) in [5, 5.41) is 2.32. The molecular weight excluding hydrogens is 136 g/mol. The van der Waals surface area contributed by atoms with Gasteiger partial charge < -0.3 is 4.74 Å². The number of allylic oxidation sites excluding steroid dienone is 1. The van der Waals surface area contributed by atoms with Gasteiger partial charge in [0.1, 0.15) is 0 Å². The predicted molar refractivity (Wildman–Crippen MR) is 44.8 cm³/mol. The molecule has 0 unspecified atom stereocenters. The Morgan fingerprint density at radius 2 is 1.82 bits per heavy atom. The second kappa shape index (κ2) is 2.62. The lowest BCUT2D eigenvalue weighted by molar-refractivity contribution is 0.461. The van der Waals surface area contributed by atoms with Crippen LogP contribution in [0.5, 0.6) is 0 Å². The maximum atomic E-state index is 5.08. The van der Waals surface area contributed by atoms with Crippen LogP contribution in [-0.4, -0.2) is 0 Å². The van der Waals surface area contributed by atoms with Crippen LogP contribution < -0.4 is 10.4 Å². The van der Waals surface area contributed by atoms with Crippen LogP contribution in [0.2, 0.25) is 0 Å². The van der Waals surface area contributed by atoms with E-state index in [1.165, 1.54) is 5.22 Å². The zero-order valence-electron chi connectivity index (χ0n) is 6.03. The molecule has 1 aliphatic heterocycles. The van der Waals surface area contributed by atoms with Crippen molar-refractivity contribution in [2.45, 2.75) is 0 Å². The Labute approximate surface area is 64.9 Å². The summed E-state index contributed by atoms with van der Waals surface area (Å²) in [6.07, 6.45) is 7.33. The van der Waals surface area contributed by atoms with Crippen molar-refractivity contribution < 1.29 is 4.74 Å². The number of ether oxygens (including phenoxy) is 1. The monoisotopic (exact) mass is 144 g/mol. The molecule has 0 aromatic heterocycles. The normalized spacial score (nSPS) is 13.5. The van der Waals surface area contributed by atoms with Gasteiger partial charge >= 0.3 is 0 Å². The molecule has 1 aromatic carbocycles. The molecule has 0 saturated heterocycles. The van der Waals surface area contributed by atoms with Gasteiger partial charge in [-0.1, -0.05) is 30.3 Å². The summed E-state index contributed by atoms with van der Waals surface area (Å²) in [5.41, 5.74) is 0. The second-order valence-corrected chi connectivity index (χ2v) is 2.38. The minimum atomic E-state index is 1.12. The Hall–Kier alpha value is -1.50. The smallest absolute Gasteiger partial charge is 0.0979 e. The minimum Gasteiger partial charge on any atom is -0.472 e. The first-order valence-corrected chi connectivity index (χ1v) is 3.54. The van der Waals surface area contributed by atoms with Gasteiger partial charge in [-0.3, -0.25) is 0 Å².